The zero-order valence-corrected chi connectivity index (χ0v) is 16.7. The molecular formula is C20H23N5O4. The van der Waals surface area contributed by atoms with Gasteiger partial charge in [0.2, 0.25) is 5.95 Å². The Labute approximate surface area is 166 Å². The van der Waals surface area contributed by atoms with E-state index in [1.165, 1.54) is 14.0 Å². The first kappa shape index (κ1) is 19.1. The Kier molecular flexibility index (Phi) is 4.42. The quantitative estimate of drug-likeness (QED) is 0.536. The molecule has 0 aliphatic heterocycles. The van der Waals surface area contributed by atoms with Gasteiger partial charge in [0, 0.05) is 23.6 Å². The summed E-state index contributed by atoms with van der Waals surface area (Å²) in [4.78, 5) is 31.4. The smallest absolute Gasteiger partial charge is 0.413 e. The van der Waals surface area contributed by atoms with Gasteiger partial charge in [-0.25, -0.2) is 9.78 Å². The predicted octanol–water partition coefficient (Wildman–Crippen LogP) is 2.42. The number of carbonyl (C=O) groups is 2. The number of anilines is 1. The summed E-state index contributed by atoms with van der Waals surface area (Å²) in [6.07, 6.45) is -0.310. The van der Waals surface area contributed by atoms with E-state index in [0.29, 0.717) is 17.5 Å². The van der Waals surface area contributed by atoms with Gasteiger partial charge in [0.25, 0.3) is 0 Å². The fraction of sp³-hybridized carbons (Fsp3) is 0.400. The van der Waals surface area contributed by atoms with Crippen molar-refractivity contribution in [3.8, 4) is 0 Å². The number of aromatic nitrogens is 4. The Morgan fingerprint density at radius 2 is 2.14 bits per heavy atom. The van der Waals surface area contributed by atoms with Crippen LogP contribution in [0.1, 0.15) is 42.3 Å². The summed E-state index contributed by atoms with van der Waals surface area (Å²) in [6, 6.07) is 5.60. The number of hydrogen-bond donors (Lipinski definition) is 4. The van der Waals surface area contributed by atoms with Crippen LogP contribution in [0.5, 0.6) is 0 Å². The molecule has 0 bridgehead atoms. The number of fused-ring (bicyclic) bond motifs is 2. The average molecular weight is 397 g/mol. The van der Waals surface area contributed by atoms with Gasteiger partial charge in [0.05, 0.1) is 35.4 Å². The summed E-state index contributed by atoms with van der Waals surface area (Å²) in [5, 5.41) is 20.9. The number of rotatable bonds is 3. The van der Waals surface area contributed by atoms with Gasteiger partial charge in [-0.2, -0.15) is 5.10 Å². The Morgan fingerprint density at radius 1 is 1.38 bits per heavy atom. The van der Waals surface area contributed by atoms with E-state index in [1.54, 1.807) is 6.92 Å². The minimum absolute atomic E-state index is 0.0796. The molecule has 1 amide bonds. The number of Topliss-reactive ketones (excluding diaryl/α,β-unsaturated/α-hetero) is 1. The van der Waals surface area contributed by atoms with E-state index in [0.717, 1.165) is 22.5 Å². The zero-order chi connectivity index (χ0) is 20.9. The summed E-state index contributed by atoms with van der Waals surface area (Å²) in [5.41, 5.74) is 3.60. The van der Waals surface area contributed by atoms with Crippen molar-refractivity contribution >= 4 is 28.9 Å². The number of aromatic amines is 2. The number of carbonyl (C=O) groups excluding carboxylic acids is 2. The molecular weight excluding hydrogens is 374 g/mol. The SMILES string of the molecule is COC(=O)Nc1nc2ccc([C@@H]3c4c(n[nH]c4C)C[C@](C)(O)[C@@H]3C(C)=O)cc2[nH]1. The molecule has 4 N–H and O–H groups in total. The number of nitrogens with zero attached hydrogens (tertiary/aromatic N) is 2. The number of nitrogens with one attached hydrogen (secondary N) is 3. The standard InChI is InChI=1S/C20H23N5O4/c1-9-15-14(25-24-9)8-20(3,28)17(10(2)26)16(15)11-5-6-12-13(7-11)22-18(21-12)23-19(27)29-4/h5-7,16-17,28H,8H2,1-4H3,(H,24,25)(H2,21,22,23,27)/t16-,17-,20+/m1/s1. The Morgan fingerprint density at radius 3 is 2.83 bits per heavy atom. The molecule has 29 heavy (non-hydrogen) atoms. The van der Waals surface area contributed by atoms with Crippen LogP contribution >= 0.6 is 0 Å². The van der Waals surface area contributed by atoms with Crippen molar-refractivity contribution in [2.24, 2.45) is 5.92 Å². The number of amides is 1. The highest BCUT2D eigenvalue weighted by Crippen LogP contribution is 2.47. The van der Waals surface area contributed by atoms with Gasteiger partial charge in [0.1, 0.15) is 5.78 Å². The highest BCUT2D eigenvalue weighted by Gasteiger charge is 2.48. The molecule has 1 aromatic carbocycles. The fourth-order valence-electron chi connectivity index (χ4n) is 4.47. The molecule has 3 atom stereocenters. The average Bonchev–Trinajstić information content (AvgIpc) is 3.21. The molecule has 2 heterocycles. The lowest BCUT2D eigenvalue weighted by molar-refractivity contribution is -0.130. The van der Waals surface area contributed by atoms with Crippen molar-refractivity contribution < 1.29 is 19.4 Å². The number of H-pyrrole nitrogens is 2. The van der Waals surface area contributed by atoms with Gasteiger partial charge in [-0.05, 0) is 38.5 Å². The summed E-state index contributed by atoms with van der Waals surface area (Å²) in [6.45, 7) is 5.12. The largest absolute Gasteiger partial charge is 0.453 e. The van der Waals surface area contributed by atoms with Gasteiger partial charge in [-0.1, -0.05) is 6.07 Å². The van der Waals surface area contributed by atoms with Crippen LogP contribution in [0.4, 0.5) is 10.7 Å². The minimum atomic E-state index is -1.22. The number of aryl methyl sites for hydroxylation is 1. The molecule has 9 heteroatoms. The second-order valence-corrected chi connectivity index (χ2v) is 7.79. The molecule has 0 saturated heterocycles. The molecule has 152 valence electrons. The second kappa shape index (κ2) is 6.70. The fourth-order valence-corrected chi connectivity index (χ4v) is 4.47. The minimum Gasteiger partial charge on any atom is -0.453 e. The van der Waals surface area contributed by atoms with E-state index < -0.39 is 17.6 Å². The van der Waals surface area contributed by atoms with Gasteiger partial charge < -0.3 is 14.8 Å². The van der Waals surface area contributed by atoms with Crippen LogP contribution in [0.25, 0.3) is 11.0 Å². The van der Waals surface area contributed by atoms with E-state index in [2.05, 4.69) is 30.2 Å². The third-order valence-corrected chi connectivity index (χ3v) is 5.62. The molecule has 1 aliphatic rings. The van der Waals surface area contributed by atoms with Gasteiger partial charge in [-0.15, -0.1) is 0 Å². The number of benzene rings is 1. The lowest BCUT2D eigenvalue weighted by Gasteiger charge is -2.41. The first-order valence-electron chi connectivity index (χ1n) is 9.32. The molecule has 0 unspecified atom stereocenters. The van der Waals surface area contributed by atoms with Gasteiger partial charge >= 0.3 is 6.09 Å². The summed E-state index contributed by atoms with van der Waals surface area (Å²) in [7, 11) is 1.28. The van der Waals surface area contributed by atoms with Crippen molar-refractivity contribution in [1.82, 2.24) is 20.2 Å². The van der Waals surface area contributed by atoms with E-state index >= 15 is 0 Å². The summed E-state index contributed by atoms with van der Waals surface area (Å²) >= 11 is 0. The van der Waals surface area contributed by atoms with E-state index in [-0.39, 0.29) is 17.6 Å². The Balaban J connectivity index is 1.84. The van der Waals surface area contributed by atoms with E-state index in [9.17, 15) is 14.7 Å². The topological polar surface area (TPSA) is 133 Å². The van der Waals surface area contributed by atoms with Crippen molar-refractivity contribution in [3.63, 3.8) is 0 Å². The van der Waals surface area contributed by atoms with Crippen molar-refractivity contribution in [3.05, 3.63) is 40.7 Å². The number of methoxy groups -OCH3 is 1. The van der Waals surface area contributed by atoms with Crippen LogP contribution in [0.3, 0.4) is 0 Å². The Bertz CT molecular complexity index is 1110. The maximum atomic E-state index is 12.6. The zero-order valence-electron chi connectivity index (χ0n) is 16.7. The molecule has 2 aromatic heterocycles. The number of aliphatic hydroxyl groups is 1. The predicted molar refractivity (Wildman–Crippen MR) is 106 cm³/mol. The molecule has 3 aromatic rings. The van der Waals surface area contributed by atoms with Crippen LogP contribution < -0.4 is 5.32 Å². The van der Waals surface area contributed by atoms with Crippen LogP contribution in [-0.4, -0.2) is 49.9 Å². The number of ketones is 1. The summed E-state index contributed by atoms with van der Waals surface area (Å²) in [5.74, 6) is -0.777. The molecule has 0 fully saturated rings. The first-order valence-corrected chi connectivity index (χ1v) is 9.32. The Hall–Kier alpha value is -3.20. The van der Waals surface area contributed by atoms with Crippen molar-refractivity contribution in [2.75, 3.05) is 12.4 Å². The van der Waals surface area contributed by atoms with E-state index in [4.69, 9.17) is 0 Å². The van der Waals surface area contributed by atoms with Crippen LogP contribution in [0, 0.1) is 12.8 Å². The maximum Gasteiger partial charge on any atom is 0.413 e. The van der Waals surface area contributed by atoms with Gasteiger partial charge in [-0.3, -0.25) is 15.2 Å². The van der Waals surface area contributed by atoms with Crippen molar-refractivity contribution in [2.45, 2.75) is 38.7 Å². The van der Waals surface area contributed by atoms with Gasteiger partial charge in [0.15, 0.2) is 0 Å². The number of hydrogen-bond acceptors (Lipinski definition) is 6. The van der Waals surface area contributed by atoms with Crippen LogP contribution in [-0.2, 0) is 16.0 Å². The second-order valence-electron chi connectivity index (χ2n) is 7.79. The molecule has 0 saturated carbocycles. The monoisotopic (exact) mass is 397 g/mol. The first-order chi connectivity index (χ1) is 13.7. The molecule has 4 rings (SSSR count). The summed E-state index contributed by atoms with van der Waals surface area (Å²) < 4.78 is 4.59. The molecule has 0 spiro atoms. The third kappa shape index (κ3) is 3.17. The number of ether oxygens (including phenoxy) is 1. The normalized spacial score (nSPS) is 23.6. The van der Waals surface area contributed by atoms with E-state index in [1.807, 2.05) is 25.1 Å². The van der Waals surface area contributed by atoms with Crippen molar-refractivity contribution in [1.29, 1.82) is 0 Å². The third-order valence-electron chi connectivity index (χ3n) is 5.62. The highest BCUT2D eigenvalue weighted by molar-refractivity contribution is 5.87. The highest BCUT2D eigenvalue weighted by atomic mass is 16.5. The number of imidazole rings is 1. The maximum absolute atomic E-state index is 12.6. The molecule has 0 radical (unpaired) electrons. The molecule has 1 aliphatic carbocycles. The lowest BCUT2D eigenvalue weighted by atomic mass is 9.64. The van der Waals surface area contributed by atoms with Crippen LogP contribution in [0.2, 0.25) is 0 Å². The molecule has 9 nitrogen and oxygen atoms in total. The van der Waals surface area contributed by atoms with Crippen LogP contribution in [0.15, 0.2) is 18.2 Å². The lowest BCUT2D eigenvalue weighted by Crippen LogP contribution is -2.48.